The molecular formula is C6H5N3O2. The Kier molecular flexibility index (Phi) is 2.30. The second-order valence-electron chi connectivity index (χ2n) is 1.81. The predicted octanol–water partition coefficient (Wildman–Crippen LogP) is 1.90. The average Bonchev–Trinajstić information content (AvgIpc) is 2.48. The highest BCUT2D eigenvalue weighted by atomic mass is 16.3. The van der Waals surface area contributed by atoms with Crippen LogP contribution < -0.4 is 0 Å². The highest BCUT2D eigenvalue weighted by Gasteiger charge is 1.97. The first-order valence-corrected chi connectivity index (χ1v) is 2.91. The lowest BCUT2D eigenvalue weighted by molar-refractivity contribution is 0.109. The molecule has 0 aliphatic carbocycles. The number of hydrogen-bond acceptors (Lipinski definition) is 3. The molecule has 0 radical (unpaired) electrons. The molecule has 0 spiro atoms. The number of aldehydes is 1. The zero-order chi connectivity index (χ0) is 8.10. The average molecular weight is 151 g/mol. The van der Waals surface area contributed by atoms with Crippen LogP contribution in [-0.2, 0) is 6.54 Å². The number of nitrogens with zero attached hydrogens (tertiary/aromatic N) is 3. The standard InChI is InChI=1S/C6H5N3O2/c7-9-8-3-5-1-2-6(4-10)11-5/h1-2,4H,3H2. The van der Waals surface area contributed by atoms with Gasteiger partial charge < -0.3 is 4.42 Å². The lowest BCUT2D eigenvalue weighted by Gasteiger charge is -1.83. The third-order valence-electron chi connectivity index (χ3n) is 1.09. The van der Waals surface area contributed by atoms with Crippen LogP contribution in [0.25, 0.3) is 10.4 Å². The number of azide groups is 1. The van der Waals surface area contributed by atoms with Crippen LogP contribution in [0.3, 0.4) is 0 Å². The van der Waals surface area contributed by atoms with Gasteiger partial charge in [0.25, 0.3) is 0 Å². The summed E-state index contributed by atoms with van der Waals surface area (Å²) >= 11 is 0. The molecule has 1 aromatic heterocycles. The Morgan fingerprint density at radius 3 is 3.09 bits per heavy atom. The molecule has 1 aromatic rings. The minimum atomic E-state index is 0.143. The lowest BCUT2D eigenvalue weighted by Crippen LogP contribution is -1.72. The van der Waals surface area contributed by atoms with Crippen molar-refractivity contribution in [3.05, 3.63) is 34.1 Å². The van der Waals surface area contributed by atoms with Gasteiger partial charge in [0.15, 0.2) is 12.0 Å². The molecule has 0 unspecified atom stereocenters. The van der Waals surface area contributed by atoms with Gasteiger partial charge in [-0.2, -0.15) is 0 Å². The topological polar surface area (TPSA) is 79.0 Å². The number of hydrogen-bond donors (Lipinski definition) is 0. The molecule has 0 bridgehead atoms. The highest BCUT2D eigenvalue weighted by Crippen LogP contribution is 2.06. The van der Waals surface area contributed by atoms with Crippen LogP contribution in [0.15, 0.2) is 21.7 Å². The molecule has 5 nitrogen and oxygen atoms in total. The first-order valence-electron chi connectivity index (χ1n) is 2.91. The van der Waals surface area contributed by atoms with E-state index in [-0.39, 0.29) is 12.3 Å². The Morgan fingerprint density at radius 1 is 1.73 bits per heavy atom. The monoisotopic (exact) mass is 151 g/mol. The van der Waals surface area contributed by atoms with Crippen molar-refractivity contribution in [2.45, 2.75) is 6.54 Å². The van der Waals surface area contributed by atoms with Crippen LogP contribution in [0.2, 0.25) is 0 Å². The molecular weight excluding hydrogens is 146 g/mol. The van der Waals surface area contributed by atoms with E-state index in [0.29, 0.717) is 12.0 Å². The fourth-order valence-electron chi connectivity index (χ4n) is 0.644. The summed E-state index contributed by atoms with van der Waals surface area (Å²) in [5.74, 6) is 0.734. The molecule has 0 aliphatic rings. The van der Waals surface area contributed by atoms with E-state index in [4.69, 9.17) is 9.95 Å². The second kappa shape index (κ2) is 3.43. The van der Waals surface area contributed by atoms with E-state index in [2.05, 4.69) is 10.0 Å². The van der Waals surface area contributed by atoms with Crippen LogP contribution in [0.1, 0.15) is 16.3 Å². The Balaban J connectivity index is 2.72. The van der Waals surface area contributed by atoms with Gasteiger partial charge in [-0.25, -0.2) is 0 Å². The van der Waals surface area contributed by atoms with Crippen molar-refractivity contribution in [1.82, 2.24) is 0 Å². The first-order chi connectivity index (χ1) is 5.36. The molecule has 1 heterocycles. The van der Waals surface area contributed by atoms with Gasteiger partial charge in [-0.05, 0) is 17.7 Å². The number of carbonyl (C=O) groups is 1. The van der Waals surface area contributed by atoms with Gasteiger partial charge in [-0.15, -0.1) is 0 Å². The van der Waals surface area contributed by atoms with Crippen molar-refractivity contribution in [2.24, 2.45) is 5.11 Å². The van der Waals surface area contributed by atoms with Gasteiger partial charge in [-0.1, -0.05) is 5.11 Å². The molecule has 56 valence electrons. The van der Waals surface area contributed by atoms with E-state index >= 15 is 0 Å². The van der Waals surface area contributed by atoms with Crippen molar-refractivity contribution in [3.8, 4) is 0 Å². The van der Waals surface area contributed by atoms with Crippen molar-refractivity contribution >= 4 is 6.29 Å². The maximum Gasteiger partial charge on any atom is 0.185 e. The van der Waals surface area contributed by atoms with E-state index < -0.39 is 0 Å². The maximum absolute atomic E-state index is 10.1. The van der Waals surface area contributed by atoms with Gasteiger partial charge in [0.2, 0.25) is 0 Å². The second-order valence-corrected chi connectivity index (χ2v) is 1.81. The van der Waals surface area contributed by atoms with Crippen molar-refractivity contribution in [1.29, 1.82) is 0 Å². The molecule has 0 fully saturated rings. The quantitative estimate of drug-likeness (QED) is 0.286. The fourth-order valence-corrected chi connectivity index (χ4v) is 0.644. The normalized spacial score (nSPS) is 8.73. The zero-order valence-corrected chi connectivity index (χ0v) is 5.60. The van der Waals surface area contributed by atoms with Crippen LogP contribution >= 0.6 is 0 Å². The summed E-state index contributed by atoms with van der Waals surface area (Å²) in [7, 11) is 0. The summed E-state index contributed by atoms with van der Waals surface area (Å²) in [4.78, 5) is 12.6. The summed E-state index contributed by atoms with van der Waals surface area (Å²) in [5, 5.41) is 3.26. The summed E-state index contributed by atoms with van der Waals surface area (Å²) in [6.07, 6.45) is 0.597. The molecule has 0 amide bonds. The summed E-state index contributed by atoms with van der Waals surface area (Å²) in [6.45, 7) is 0.143. The molecule has 11 heavy (non-hydrogen) atoms. The smallest absolute Gasteiger partial charge is 0.185 e. The Morgan fingerprint density at radius 2 is 2.55 bits per heavy atom. The number of furan rings is 1. The predicted molar refractivity (Wildman–Crippen MR) is 36.9 cm³/mol. The third-order valence-corrected chi connectivity index (χ3v) is 1.09. The van der Waals surface area contributed by atoms with E-state index in [0.717, 1.165) is 0 Å². The van der Waals surface area contributed by atoms with Gasteiger partial charge in [0.05, 0.1) is 6.54 Å². The Hall–Kier alpha value is -1.74. The van der Waals surface area contributed by atoms with Gasteiger partial charge in [0, 0.05) is 4.91 Å². The summed E-state index contributed by atoms with van der Waals surface area (Å²) in [5.41, 5.74) is 7.94. The summed E-state index contributed by atoms with van der Waals surface area (Å²) < 4.78 is 4.90. The van der Waals surface area contributed by atoms with Gasteiger partial charge in [-0.3, -0.25) is 4.79 Å². The van der Waals surface area contributed by atoms with Crippen molar-refractivity contribution in [3.63, 3.8) is 0 Å². The highest BCUT2D eigenvalue weighted by molar-refractivity contribution is 5.70. The number of carbonyl (C=O) groups excluding carboxylic acids is 1. The van der Waals surface area contributed by atoms with E-state index in [1.807, 2.05) is 0 Å². The first kappa shape index (κ1) is 7.37. The third kappa shape index (κ3) is 1.84. The van der Waals surface area contributed by atoms with Crippen LogP contribution in [0.5, 0.6) is 0 Å². The minimum absolute atomic E-state index is 0.143. The number of rotatable bonds is 3. The fraction of sp³-hybridized carbons (Fsp3) is 0.167. The van der Waals surface area contributed by atoms with Crippen molar-refractivity contribution < 1.29 is 9.21 Å². The molecule has 0 saturated carbocycles. The van der Waals surface area contributed by atoms with E-state index in [9.17, 15) is 4.79 Å². The molecule has 5 heteroatoms. The van der Waals surface area contributed by atoms with E-state index in [1.54, 1.807) is 6.07 Å². The zero-order valence-electron chi connectivity index (χ0n) is 5.60. The van der Waals surface area contributed by atoms with Crippen LogP contribution in [-0.4, -0.2) is 6.29 Å². The lowest BCUT2D eigenvalue weighted by atomic mass is 10.4. The van der Waals surface area contributed by atoms with Crippen LogP contribution in [0, 0.1) is 0 Å². The molecule has 0 aliphatic heterocycles. The SMILES string of the molecule is [N-]=[N+]=NCc1ccc(C=O)o1. The Bertz CT molecular complexity index is 299. The molecule has 0 atom stereocenters. The molecule has 1 rings (SSSR count). The van der Waals surface area contributed by atoms with Crippen molar-refractivity contribution in [2.75, 3.05) is 0 Å². The molecule has 0 aromatic carbocycles. The molecule has 0 N–H and O–H groups in total. The van der Waals surface area contributed by atoms with Gasteiger partial charge in [0.1, 0.15) is 5.76 Å². The van der Waals surface area contributed by atoms with Gasteiger partial charge >= 0.3 is 0 Å². The minimum Gasteiger partial charge on any atom is -0.458 e. The largest absolute Gasteiger partial charge is 0.458 e. The van der Waals surface area contributed by atoms with E-state index in [1.165, 1.54) is 6.07 Å². The van der Waals surface area contributed by atoms with Crippen LogP contribution in [0.4, 0.5) is 0 Å². The maximum atomic E-state index is 10.1. The Labute approximate surface area is 62.3 Å². The molecule has 0 saturated heterocycles. The summed E-state index contributed by atoms with van der Waals surface area (Å²) in [6, 6.07) is 3.12.